The molecule has 1 atom stereocenters. The maximum Gasteiger partial charge on any atom is 0.136 e. The number of aliphatic hydroxyl groups is 1. The normalized spacial score (nSPS) is 24.1. The minimum atomic E-state index is -0.996. The van der Waals surface area contributed by atoms with E-state index in [4.69, 9.17) is 0 Å². The molecule has 2 aliphatic heterocycles. The summed E-state index contributed by atoms with van der Waals surface area (Å²) in [6, 6.07) is 0.226. The molecule has 140 valence electrons. The number of likely N-dealkylation sites (N-methyl/N-ethyl adjacent to an activating group) is 1. The van der Waals surface area contributed by atoms with Crippen molar-refractivity contribution >= 4 is 5.82 Å². The Balaban J connectivity index is 1.63. The van der Waals surface area contributed by atoms with Gasteiger partial charge in [0, 0.05) is 37.7 Å². The molecular formula is C18H27N7O. The molecule has 4 heterocycles. The van der Waals surface area contributed by atoms with Gasteiger partial charge in [-0.2, -0.15) is 0 Å². The van der Waals surface area contributed by atoms with Gasteiger partial charge in [0.2, 0.25) is 0 Å². The summed E-state index contributed by atoms with van der Waals surface area (Å²) in [5.74, 6) is 0.955. The van der Waals surface area contributed by atoms with Crippen molar-refractivity contribution in [3.05, 3.63) is 29.5 Å². The zero-order chi connectivity index (χ0) is 18.3. The molecule has 2 aromatic heterocycles. The average Bonchev–Trinajstić information content (AvgIpc) is 3.12. The molecule has 1 fully saturated rings. The van der Waals surface area contributed by atoms with Gasteiger partial charge in [0.25, 0.3) is 0 Å². The highest BCUT2D eigenvalue weighted by atomic mass is 16.3. The Labute approximate surface area is 153 Å². The van der Waals surface area contributed by atoms with Gasteiger partial charge in [0.15, 0.2) is 0 Å². The molecule has 0 bridgehead atoms. The lowest BCUT2D eigenvalue weighted by atomic mass is 9.89. The maximum atomic E-state index is 11.3. The molecule has 0 aliphatic carbocycles. The summed E-state index contributed by atoms with van der Waals surface area (Å²) >= 11 is 0. The van der Waals surface area contributed by atoms with Crippen LogP contribution >= 0.6 is 0 Å². The third-order valence-corrected chi connectivity index (χ3v) is 5.46. The molecule has 0 saturated carbocycles. The second kappa shape index (κ2) is 6.59. The molecular weight excluding hydrogens is 330 g/mol. The number of nitrogens with zero attached hydrogens (tertiary/aromatic N) is 7. The molecule has 4 rings (SSSR count). The molecule has 0 radical (unpaired) electrons. The molecule has 1 unspecified atom stereocenters. The van der Waals surface area contributed by atoms with Crippen molar-refractivity contribution in [3.8, 4) is 0 Å². The molecule has 1 saturated heterocycles. The van der Waals surface area contributed by atoms with Crippen molar-refractivity contribution in [3.63, 3.8) is 0 Å². The van der Waals surface area contributed by atoms with E-state index in [0.717, 1.165) is 44.0 Å². The molecule has 0 aromatic carbocycles. The van der Waals surface area contributed by atoms with Crippen LogP contribution in [0.15, 0.2) is 12.5 Å². The van der Waals surface area contributed by atoms with Gasteiger partial charge in [0.1, 0.15) is 23.4 Å². The summed E-state index contributed by atoms with van der Waals surface area (Å²) in [6.07, 6.45) is 6.05. The lowest BCUT2D eigenvalue weighted by molar-refractivity contribution is 0.0173. The predicted octanol–water partition coefficient (Wildman–Crippen LogP) is 1.12. The number of rotatable bonds is 3. The van der Waals surface area contributed by atoms with E-state index in [2.05, 4.69) is 51.0 Å². The van der Waals surface area contributed by atoms with Gasteiger partial charge in [-0.05, 0) is 33.7 Å². The number of piperidine rings is 1. The Morgan fingerprint density at radius 1 is 1.23 bits per heavy atom. The number of aromatic nitrogens is 5. The van der Waals surface area contributed by atoms with E-state index in [1.54, 1.807) is 11.0 Å². The van der Waals surface area contributed by atoms with E-state index >= 15 is 0 Å². The first-order valence-corrected chi connectivity index (χ1v) is 9.37. The average molecular weight is 357 g/mol. The zero-order valence-electron chi connectivity index (χ0n) is 15.8. The first kappa shape index (κ1) is 17.4. The summed E-state index contributed by atoms with van der Waals surface area (Å²) in [4.78, 5) is 13.5. The van der Waals surface area contributed by atoms with E-state index in [0.29, 0.717) is 18.7 Å². The largest absolute Gasteiger partial charge is 0.382 e. The first-order chi connectivity index (χ1) is 12.5. The highest BCUT2D eigenvalue weighted by Crippen LogP contribution is 2.34. The summed E-state index contributed by atoms with van der Waals surface area (Å²) in [5.41, 5.74) is 1.98. The molecule has 0 spiro atoms. The summed E-state index contributed by atoms with van der Waals surface area (Å²) in [6.45, 7) is 7.35. The van der Waals surface area contributed by atoms with Crippen molar-refractivity contribution < 1.29 is 5.11 Å². The summed E-state index contributed by atoms with van der Waals surface area (Å²) < 4.78 is 1.80. The molecule has 8 heteroatoms. The third kappa shape index (κ3) is 3.07. The van der Waals surface area contributed by atoms with Crippen molar-refractivity contribution in [2.75, 3.05) is 31.6 Å². The van der Waals surface area contributed by atoms with E-state index in [9.17, 15) is 5.11 Å². The molecule has 1 N–H and O–H groups in total. The standard InChI is InChI=1S/C18H27N7O/c1-13(2)25-10-16(21-22-25)18(26)6-4-7-24(11-18)17-14-9-23(3)8-5-15(14)19-12-20-17/h10,12-13,26H,4-9,11H2,1-3H3. The number of β-amino-alcohol motifs (C(OH)–C–C–N with tert-alkyl or cyclic N) is 1. The van der Waals surface area contributed by atoms with Gasteiger partial charge in [-0.1, -0.05) is 5.21 Å². The smallest absolute Gasteiger partial charge is 0.136 e. The van der Waals surface area contributed by atoms with Crippen LogP contribution in [0.4, 0.5) is 5.82 Å². The number of hydrogen-bond acceptors (Lipinski definition) is 7. The minimum absolute atomic E-state index is 0.226. The van der Waals surface area contributed by atoms with Gasteiger partial charge in [-0.3, -0.25) is 0 Å². The Morgan fingerprint density at radius 2 is 2.08 bits per heavy atom. The monoisotopic (exact) mass is 357 g/mol. The number of hydrogen-bond donors (Lipinski definition) is 1. The molecule has 0 amide bonds. The fraction of sp³-hybridized carbons (Fsp3) is 0.667. The van der Waals surface area contributed by atoms with Gasteiger partial charge in [-0.25, -0.2) is 14.6 Å². The lowest BCUT2D eigenvalue weighted by Crippen LogP contribution is -2.47. The minimum Gasteiger partial charge on any atom is -0.382 e. The Hall–Kier alpha value is -2.06. The number of anilines is 1. The van der Waals surface area contributed by atoms with Crippen LogP contribution in [0.1, 0.15) is 49.7 Å². The molecule has 2 aliphatic rings. The van der Waals surface area contributed by atoms with Crippen molar-refractivity contribution in [2.24, 2.45) is 0 Å². The van der Waals surface area contributed by atoms with Crippen molar-refractivity contribution in [1.82, 2.24) is 29.9 Å². The van der Waals surface area contributed by atoms with E-state index in [1.807, 2.05) is 6.20 Å². The Morgan fingerprint density at radius 3 is 2.85 bits per heavy atom. The highest BCUT2D eigenvalue weighted by Gasteiger charge is 2.39. The van der Waals surface area contributed by atoms with Crippen LogP contribution in [0.5, 0.6) is 0 Å². The van der Waals surface area contributed by atoms with Gasteiger partial charge < -0.3 is 14.9 Å². The second-order valence-electron chi connectivity index (χ2n) is 7.84. The van der Waals surface area contributed by atoms with Crippen LogP contribution in [0.2, 0.25) is 0 Å². The third-order valence-electron chi connectivity index (χ3n) is 5.46. The lowest BCUT2D eigenvalue weighted by Gasteiger charge is -2.40. The first-order valence-electron chi connectivity index (χ1n) is 9.37. The SMILES string of the molecule is CC(C)n1cc(C2(O)CCCN(c3ncnc4c3CN(C)CC4)C2)nn1. The van der Waals surface area contributed by atoms with Crippen LogP contribution in [-0.4, -0.2) is 61.7 Å². The van der Waals surface area contributed by atoms with E-state index in [-0.39, 0.29) is 6.04 Å². The zero-order valence-corrected chi connectivity index (χ0v) is 15.8. The van der Waals surface area contributed by atoms with Gasteiger partial charge in [-0.15, -0.1) is 5.10 Å². The summed E-state index contributed by atoms with van der Waals surface area (Å²) in [7, 11) is 2.12. The van der Waals surface area contributed by atoms with Gasteiger partial charge >= 0.3 is 0 Å². The van der Waals surface area contributed by atoms with Crippen LogP contribution < -0.4 is 4.90 Å². The van der Waals surface area contributed by atoms with Crippen LogP contribution in [-0.2, 0) is 18.6 Å². The molecule has 8 nitrogen and oxygen atoms in total. The Bertz CT molecular complexity index is 790. The highest BCUT2D eigenvalue weighted by molar-refractivity contribution is 5.50. The van der Waals surface area contributed by atoms with Crippen LogP contribution in [0.3, 0.4) is 0 Å². The Kier molecular flexibility index (Phi) is 4.40. The molecule has 2 aromatic rings. The second-order valence-corrected chi connectivity index (χ2v) is 7.84. The molecule has 26 heavy (non-hydrogen) atoms. The van der Waals surface area contributed by atoms with Gasteiger partial charge in [0.05, 0.1) is 18.4 Å². The predicted molar refractivity (Wildman–Crippen MR) is 97.8 cm³/mol. The fourth-order valence-corrected chi connectivity index (χ4v) is 3.90. The van der Waals surface area contributed by atoms with Crippen LogP contribution in [0, 0.1) is 0 Å². The van der Waals surface area contributed by atoms with Crippen molar-refractivity contribution in [2.45, 2.75) is 51.3 Å². The van der Waals surface area contributed by atoms with Crippen LogP contribution in [0.25, 0.3) is 0 Å². The van der Waals surface area contributed by atoms with Crippen molar-refractivity contribution in [1.29, 1.82) is 0 Å². The van der Waals surface area contributed by atoms with E-state index < -0.39 is 5.60 Å². The fourth-order valence-electron chi connectivity index (χ4n) is 3.90. The quantitative estimate of drug-likeness (QED) is 0.881. The topological polar surface area (TPSA) is 83.2 Å². The maximum absolute atomic E-state index is 11.3. The summed E-state index contributed by atoms with van der Waals surface area (Å²) in [5, 5.41) is 19.7. The number of fused-ring (bicyclic) bond motifs is 1. The van der Waals surface area contributed by atoms with E-state index in [1.165, 1.54) is 5.56 Å².